The number of ether oxygens (including phenoxy) is 1. The molecule has 2 aliphatic rings. The van der Waals surface area contributed by atoms with Crippen molar-refractivity contribution in [1.82, 2.24) is 14.5 Å². The predicted molar refractivity (Wildman–Crippen MR) is 71.5 cm³/mol. The highest BCUT2D eigenvalue weighted by Gasteiger charge is 2.32. The second kappa shape index (κ2) is 6.96. The first-order chi connectivity index (χ1) is 9.13. The lowest BCUT2D eigenvalue weighted by atomic mass is 10.3. The van der Waals surface area contributed by atoms with E-state index in [0.29, 0.717) is 19.7 Å². The van der Waals surface area contributed by atoms with Gasteiger partial charge in [-0.3, -0.25) is 4.90 Å². The van der Waals surface area contributed by atoms with Gasteiger partial charge in [0.15, 0.2) is 0 Å². The minimum Gasteiger partial charge on any atom is -0.395 e. The van der Waals surface area contributed by atoms with Crippen LogP contribution in [0.5, 0.6) is 0 Å². The van der Waals surface area contributed by atoms with Gasteiger partial charge in [-0.25, -0.2) is 8.42 Å². The van der Waals surface area contributed by atoms with E-state index in [9.17, 15) is 13.5 Å². The van der Waals surface area contributed by atoms with E-state index in [1.807, 2.05) is 0 Å². The molecule has 8 heteroatoms. The molecular formula is C11H23N3O4S. The molecule has 2 fully saturated rings. The van der Waals surface area contributed by atoms with E-state index in [-0.39, 0.29) is 19.0 Å². The monoisotopic (exact) mass is 293 g/mol. The molecule has 0 bridgehead atoms. The topological polar surface area (TPSA) is 82.1 Å². The van der Waals surface area contributed by atoms with Gasteiger partial charge < -0.3 is 15.2 Å². The summed E-state index contributed by atoms with van der Waals surface area (Å²) in [7, 11) is -3.31. The van der Waals surface area contributed by atoms with E-state index in [2.05, 4.69) is 10.2 Å². The van der Waals surface area contributed by atoms with Crippen LogP contribution < -0.4 is 5.32 Å². The maximum absolute atomic E-state index is 12.3. The van der Waals surface area contributed by atoms with Gasteiger partial charge in [0.05, 0.1) is 31.6 Å². The third-order valence-corrected chi connectivity index (χ3v) is 5.51. The summed E-state index contributed by atoms with van der Waals surface area (Å²) in [6, 6.07) is -0.429. The average molecular weight is 293 g/mol. The molecule has 0 aromatic carbocycles. The highest BCUT2D eigenvalue weighted by atomic mass is 32.2. The second-order valence-corrected chi connectivity index (χ2v) is 6.97. The Kier molecular flexibility index (Phi) is 5.55. The Morgan fingerprint density at radius 1 is 1.26 bits per heavy atom. The molecule has 0 radical (unpaired) electrons. The van der Waals surface area contributed by atoms with Gasteiger partial charge in [-0.2, -0.15) is 4.31 Å². The molecule has 1 unspecified atom stereocenters. The Bertz CT molecular complexity index is 370. The summed E-state index contributed by atoms with van der Waals surface area (Å²) in [5.41, 5.74) is 0. The number of nitrogens with one attached hydrogen (secondary N) is 1. The summed E-state index contributed by atoms with van der Waals surface area (Å²) >= 11 is 0. The summed E-state index contributed by atoms with van der Waals surface area (Å²) in [4.78, 5) is 2.16. The van der Waals surface area contributed by atoms with Crippen LogP contribution in [0, 0.1) is 0 Å². The number of sulfonamides is 1. The Morgan fingerprint density at radius 2 is 2.00 bits per heavy atom. The third kappa shape index (κ3) is 4.11. The Labute approximate surface area is 114 Å². The normalized spacial score (nSPS) is 27.5. The quantitative estimate of drug-likeness (QED) is 0.605. The lowest BCUT2D eigenvalue weighted by Gasteiger charge is -2.34. The molecule has 0 saturated carbocycles. The highest BCUT2D eigenvalue weighted by Crippen LogP contribution is 2.13. The minimum atomic E-state index is -3.31. The second-order valence-electron chi connectivity index (χ2n) is 4.93. The maximum atomic E-state index is 12.3. The zero-order valence-electron chi connectivity index (χ0n) is 11.1. The molecule has 7 nitrogen and oxygen atoms in total. The van der Waals surface area contributed by atoms with Crippen molar-refractivity contribution in [3.63, 3.8) is 0 Å². The smallest absolute Gasteiger partial charge is 0.215 e. The van der Waals surface area contributed by atoms with Crippen molar-refractivity contribution < 1.29 is 18.3 Å². The van der Waals surface area contributed by atoms with Gasteiger partial charge in [-0.15, -0.1) is 0 Å². The van der Waals surface area contributed by atoms with E-state index in [1.54, 1.807) is 0 Å². The summed E-state index contributed by atoms with van der Waals surface area (Å²) in [5, 5.41) is 12.5. The average Bonchev–Trinajstić information content (AvgIpc) is 2.46. The van der Waals surface area contributed by atoms with Gasteiger partial charge in [0.2, 0.25) is 10.0 Å². The van der Waals surface area contributed by atoms with Crippen molar-refractivity contribution in [2.75, 3.05) is 64.8 Å². The zero-order valence-corrected chi connectivity index (χ0v) is 11.9. The standard InChI is InChI=1S/C11H23N3O4S/c15-9-11-10-18-7-5-14(11)19(16,17)8-6-13-3-1-12-2-4-13/h11-12,15H,1-10H2. The van der Waals surface area contributed by atoms with E-state index < -0.39 is 16.1 Å². The molecule has 0 amide bonds. The van der Waals surface area contributed by atoms with Crippen LogP contribution in [0.2, 0.25) is 0 Å². The van der Waals surface area contributed by atoms with Crippen molar-refractivity contribution in [1.29, 1.82) is 0 Å². The SMILES string of the molecule is O=S(=O)(CCN1CCNCC1)N1CCOCC1CO. The molecule has 2 rings (SSSR count). The largest absolute Gasteiger partial charge is 0.395 e. The maximum Gasteiger partial charge on any atom is 0.215 e. The summed E-state index contributed by atoms with van der Waals surface area (Å²) in [6.07, 6.45) is 0. The first-order valence-electron chi connectivity index (χ1n) is 6.74. The van der Waals surface area contributed by atoms with Crippen LogP contribution >= 0.6 is 0 Å². The van der Waals surface area contributed by atoms with Crippen LogP contribution in [0.3, 0.4) is 0 Å². The Balaban J connectivity index is 1.89. The molecule has 112 valence electrons. The molecule has 0 aromatic heterocycles. The molecule has 0 aliphatic carbocycles. The molecule has 2 heterocycles. The Hall–Kier alpha value is -0.250. The number of nitrogens with zero attached hydrogens (tertiary/aromatic N) is 2. The van der Waals surface area contributed by atoms with E-state index >= 15 is 0 Å². The Morgan fingerprint density at radius 3 is 2.68 bits per heavy atom. The van der Waals surface area contributed by atoms with Gasteiger partial charge >= 0.3 is 0 Å². The van der Waals surface area contributed by atoms with Gasteiger partial charge in [0, 0.05) is 39.3 Å². The molecule has 1 atom stereocenters. The number of aliphatic hydroxyl groups is 1. The number of piperazine rings is 1. The zero-order chi connectivity index (χ0) is 13.7. The van der Waals surface area contributed by atoms with Crippen molar-refractivity contribution in [3.8, 4) is 0 Å². The lowest BCUT2D eigenvalue weighted by molar-refractivity contribution is 0.0108. The first kappa shape index (κ1) is 15.1. The molecule has 2 N–H and O–H groups in total. The van der Waals surface area contributed by atoms with E-state index in [1.165, 1.54) is 4.31 Å². The summed E-state index contributed by atoms with van der Waals surface area (Å²) < 4.78 is 31.2. The van der Waals surface area contributed by atoms with Gasteiger partial charge in [-0.05, 0) is 0 Å². The fourth-order valence-corrected chi connectivity index (χ4v) is 4.10. The fraction of sp³-hybridized carbons (Fsp3) is 1.00. The number of rotatable bonds is 5. The molecule has 19 heavy (non-hydrogen) atoms. The van der Waals surface area contributed by atoms with Crippen LogP contribution in [0.25, 0.3) is 0 Å². The number of aliphatic hydroxyl groups excluding tert-OH is 1. The van der Waals surface area contributed by atoms with Crippen LogP contribution in [0.4, 0.5) is 0 Å². The molecular weight excluding hydrogens is 270 g/mol. The minimum absolute atomic E-state index is 0.115. The first-order valence-corrected chi connectivity index (χ1v) is 8.35. The van der Waals surface area contributed by atoms with Gasteiger partial charge in [0.1, 0.15) is 0 Å². The van der Waals surface area contributed by atoms with Crippen molar-refractivity contribution >= 4 is 10.0 Å². The lowest BCUT2D eigenvalue weighted by Crippen LogP contribution is -2.52. The summed E-state index contributed by atoms with van der Waals surface area (Å²) in [5.74, 6) is 0.115. The van der Waals surface area contributed by atoms with E-state index in [4.69, 9.17) is 4.74 Å². The molecule has 2 saturated heterocycles. The predicted octanol–water partition coefficient (Wildman–Crippen LogP) is -2.09. The number of hydrogen-bond acceptors (Lipinski definition) is 6. The van der Waals surface area contributed by atoms with Crippen LogP contribution in [-0.2, 0) is 14.8 Å². The number of hydrogen-bond donors (Lipinski definition) is 2. The molecule has 0 spiro atoms. The number of morpholine rings is 1. The highest BCUT2D eigenvalue weighted by molar-refractivity contribution is 7.89. The van der Waals surface area contributed by atoms with Crippen molar-refractivity contribution in [3.05, 3.63) is 0 Å². The van der Waals surface area contributed by atoms with Crippen molar-refractivity contribution in [2.24, 2.45) is 0 Å². The summed E-state index contributed by atoms with van der Waals surface area (Å²) in [6.45, 7) is 5.01. The van der Waals surface area contributed by atoms with Crippen LogP contribution in [0.15, 0.2) is 0 Å². The van der Waals surface area contributed by atoms with Gasteiger partial charge in [0.25, 0.3) is 0 Å². The molecule has 2 aliphatic heterocycles. The molecule has 0 aromatic rings. The third-order valence-electron chi connectivity index (χ3n) is 3.62. The fourth-order valence-electron chi connectivity index (χ4n) is 2.45. The van der Waals surface area contributed by atoms with Gasteiger partial charge in [-0.1, -0.05) is 0 Å². The van der Waals surface area contributed by atoms with Crippen molar-refractivity contribution in [2.45, 2.75) is 6.04 Å². The van der Waals surface area contributed by atoms with E-state index in [0.717, 1.165) is 26.2 Å². The van der Waals surface area contributed by atoms with Crippen LogP contribution in [-0.4, -0.2) is 93.6 Å². The van der Waals surface area contributed by atoms with Crippen LogP contribution in [0.1, 0.15) is 0 Å².